The lowest BCUT2D eigenvalue weighted by molar-refractivity contribution is -0.161. The summed E-state index contributed by atoms with van der Waals surface area (Å²) in [5.74, 6) is 0.109. The highest BCUT2D eigenvalue weighted by molar-refractivity contribution is 7.47. The molecule has 0 saturated heterocycles. The van der Waals surface area contributed by atoms with E-state index in [9.17, 15) is 43.2 Å². The zero-order chi connectivity index (χ0) is 67.3. The molecular formula is C72H136O17P2. The molecule has 0 bridgehead atoms. The van der Waals surface area contributed by atoms with E-state index < -0.39 is 97.5 Å². The summed E-state index contributed by atoms with van der Waals surface area (Å²) in [6, 6.07) is 0. The first-order chi connectivity index (χ1) is 43.8. The summed E-state index contributed by atoms with van der Waals surface area (Å²) in [6.07, 6.45) is 49.3. The van der Waals surface area contributed by atoms with E-state index in [1.807, 2.05) is 0 Å². The molecule has 0 fully saturated rings. The number of hydrogen-bond donors (Lipinski definition) is 3. The lowest BCUT2D eigenvalue weighted by Gasteiger charge is -2.21. The summed E-state index contributed by atoms with van der Waals surface area (Å²) in [4.78, 5) is 72.6. The summed E-state index contributed by atoms with van der Waals surface area (Å²) in [5, 5.41) is 10.6. The highest BCUT2D eigenvalue weighted by atomic mass is 31.2. The largest absolute Gasteiger partial charge is 0.472 e. The number of aliphatic hydroxyl groups excluding tert-OH is 1. The molecule has 91 heavy (non-hydrogen) atoms. The molecule has 0 heterocycles. The van der Waals surface area contributed by atoms with E-state index in [2.05, 4.69) is 72.8 Å². The molecule has 0 spiro atoms. The molecule has 536 valence electrons. The summed E-state index contributed by atoms with van der Waals surface area (Å²) >= 11 is 0. The first kappa shape index (κ1) is 88.5. The second-order valence-corrected chi connectivity index (χ2v) is 29.2. The van der Waals surface area contributed by atoms with Crippen LogP contribution >= 0.6 is 15.6 Å². The van der Waals surface area contributed by atoms with Crippen molar-refractivity contribution in [1.82, 2.24) is 0 Å². The molecule has 0 aromatic rings. The van der Waals surface area contributed by atoms with Crippen LogP contribution in [0, 0.1) is 17.8 Å². The van der Waals surface area contributed by atoms with Gasteiger partial charge >= 0.3 is 39.5 Å². The number of hydrogen-bond acceptors (Lipinski definition) is 15. The standard InChI is InChI=1S/C72H136O17P2/c1-8-11-12-13-14-15-16-17-18-19-22-26-32-41-48-55-71(76)88-67(59-82-69(74)53-46-39-31-25-23-20-21-24-29-36-43-50-63(4)5)61-86-90(78,79)84-57-66(73)58-85-91(80,81)87-62-68(60-83-70(75)54-47-40-35-34-38-45-52-65(7)10-3)89-72(77)56-49-42-33-28-27-30-37-44-51-64(6)9-2/h15-18,63-68,73H,8-14,19-62H2,1-7H3,(H,78,79)(H,80,81)/b16-15-,18-17-/t64?,65?,66-,67-,68-/m1/s1. The number of carbonyl (C=O) groups excluding carboxylic acids is 4. The lowest BCUT2D eigenvalue weighted by Crippen LogP contribution is -2.30. The smallest absolute Gasteiger partial charge is 0.462 e. The maximum absolute atomic E-state index is 13.0. The molecule has 4 unspecified atom stereocenters. The Balaban J connectivity index is 5.31. The molecule has 0 amide bonds. The van der Waals surface area contributed by atoms with Crippen LogP contribution in [-0.4, -0.2) is 96.7 Å². The van der Waals surface area contributed by atoms with Gasteiger partial charge in [-0.15, -0.1) is 0 Å². The van der Waals surface area contributed by atoms with E-state index in [4.69, 9.17) is 37.0 Å². The van der Waals surface area contributed by atoms with Crippen LogP contribution < -0.4 is 0 Å². The third-order valence-electron chi connectivity index (χ3n) is 16.7. The van der Waals surface area contributed by atoms with Gasteiger partial charge in [0.15, 0.2) is 12.2 Å². The van der Waals surface area contributed by atoms with Crippen molar-refractivity contribution in [1.29, 1.82) is 0 Å². The zero-order valence-corrected chi connectivity index (χ0v) is 60.6. The van der Waals surface area contributed by atoms with Gasteiger partial charge in [0.1, 0.15) is 19.3 Å². The van der Waals surface area contributed by atoms with E-state index in [-0.39, 0.29) is 25.7 Å². The first-order valence-corrected chi connectivity index (χ1v) is 39.7. The Labute approximate surface area is 554 Å². The molecule has 0 aromatic heterocycles. The number of esters is 4. The number of unbranched alkanes of at least 4 members (excludes halogenated alkanes) is 31. The third-order valence-corrected chi connectivity index (χ3v) is 18.6. The second-order valence-electron chi connectivity index (χ2n) is 26.3. The molecule has 7 atom stereocenters. The number of rotatable bonds is 68. The molecule has 0 aliphatic carbocycles. The number of phosphoric acid groups is 2. The summed E-state index contributed by atoms with van der Waals surface area (Å²) in [6.45, 7) is 11.8. The zero-order valence-electron chi connectivity index (χ0n) is 58.8. The van der Waals surface area contributed by atoms with Crippen LogP contribution in [0.1, 0.15) is 337 Å². The van der Waals surface area contributed by atoms with Crippen molar-refractivity contribution in [2.75, 3.05) is 39.6 Å². The van der Waals surface area contributed by atoms with Crippen LogP contribution in [0.5, 0.6) is 0 Å². The number of aliphatic hydroxyl groups is 1. The van der Waals surface area contributed by atoms with E-state index in [1.54, 1.807) is 0 Å². The Morgan fingerprint density at radius 1 is 0.363 bits per heavy atom. The van der Waals surface area contributed by atoms with Gasteiger partial charge in [-0.3, -0.25) is 37.3 Å². The molecule has 0 rings (SSSR count). The van der Waals surface area contributed by atoms with Crippen molar-refractivity contribution in [2.45, 2.75) is 356 Å². The predicted octanol–water partition coefficient (Wildman–Crippen LogP) is 20.2. The van der Waals surface area contributed by atoms with E-state index in [0.717, 1.165) is 127 Å². The Hall–Kier alpha value is -2.46. The molecule has 19 heteroatoms. The van der Waals surface area contributed by atoms with Crippen molar-refractivity contribution in [3.05, 3.63) is 24.3 Å². The summed E-state index contributed by atoms with van der Waals surface area (Å²) in [5.41, 5.74) is 0. The number of carbonyl (C=O) groups is 4. The fourth-order valence-electron chi connectivity index (χ4n) is 10.3. The topological polar surface area (TPSA) is 237 Å². The minimum absolute atomic E-state index is 0.0844. The van der Waals surface area contributed by atoms with E-state index in [0.29, 0.717) is 25.7 Å². The van der Waals surface area contributed by atoms with Crippen molar-refractivity contribution in [2.24, 2.45) is 17.8 Å². The molecule has 0 radical (unpaired) electrons. The Bertz CT molecular complexity index is 1880. The van der Waals surface area contributed by atoms with Gasteiger partial charge in [0.05, 0.1) is 26.4 Å². The highest BCUT2D eigenvalue weighted by Gasteiger charge is 2.30. The van der Waals surface area contributed by atoms with Crippen molar-refractivity contribution in [3.8, 4) is 0 Å². The summed E-state index contributed by atoms with van der Waals surface area (Å²) in [7, 11) is -9.92. The second kappa shape index (κ2) is 62.4. The maximum atomic E-state index is 13.0. The minimum Gasteiger partial charge on any atom is -0.462 e. The van der Waals surface area contributed by atoms with Crippen LogP contribution in [0.4, 0.5) is 0 Å². The fraction of sp³-hybridized carbons (Fsp3) is 0.889. The molecule has 0 aromatic carbocycles. The van der Waals surface area contributed by atoms with Gasteiger partial charge < -0.3 is 33.8 Å². The van der Waals surface area contributed by atoms with Gasteiger partial charge in [0, 0.05) is 25.7 Å². The molecule has 0 saturated carbocycles. The van der Waals surface area contributed by atoms with Gasteiger partial charge in [-0.2, -0.15) is 0 Å². The van der Waals surface area contributed by atoms with Crippen molar-refractivity contribution in [3.63, 3.8) is 0 Å². The molecule has 0 aliphatic rings. The first-order valence-electron chi connectivity index (χ1n) is 36.7. The van der Waals surface area contributed by atoms with Crippen LogP contribution in [0.15, 0.2) is 24.3 Å². The fourth-order valence-corrected chi connectivity index (χ4v) is 11.9. The van der Waals surface area contributed by atoms with Gasteiger partial charge in [-0.1, -0.05) is 285 Å². The number of phosphoric ester groups is 2. The Kier molecular flexibility index (Phi) is 60.7. The monoisotopic (exact) mass is 1330 g/mol. The van der Waals surface area contributed by atoms with Crippen LogP contribution in [-0.2, 0) is 65.4 Å². The Morgan fingerprint density at radius 3 is 0.978 bits per heavy atom. The van der Waals surface area contributed by atoms with Gasteiger partial charge in [-0.25, -0.2) is 9.13 Å². The van der Waals surface area contributed by atoms with E-state index in [1.165, 1.54) is 128 Å². The highest BCUT2D eigenvalue weighted by Crippen LogP contribution is 2.45. The number of allylic oxidation sites excluding steroid dienone is 4. The van der Waals surface area contributed by atoms with Crippen LogP contribution in [0.3, 0.4) is 0 Å². The van der Waals surface area contributed by atoms with Gasteiger partial charge in [0.2, 0.25) is 0 Å². The SMILES string of the molecule is CCCCCC/C=C\C=C/CCCCCCCC(=O)O[C@H](COC(=O)CCCCCCCCCCCCCC(C)C)COP(=O)(O)OC[C@@H](O)COP(=O)(O)OC[C@@H](COC(=O)CCCCCCCCC(C)CC)OC(=O)CCCCCCCCCCC(C)CC. The van der Waals surface area contributed by atoms with Gasteiger partial charge in [0.25, 0.3) is 0 Å². The molecular weight excluding hydrogens is 1200 g/mol. The molecule has 0 aliphatic heterocycles. The van der Waals surface area contributed by atoms with E-state index >= 15 is 0 Å². The normalized spacial score (nSPS) is 14.9. The quantitative estimate of drug-likeness (QED) is 0.0169. The lowest BCUT2D eigenvalue weighted by atomic mass is 9.99. The van der Waals surface area contributed by atoms with Crippen LogP contribution in [0.2, 0.25) is 0 Å². The number of ether oxygens (including phenoxy) is 4. The third kappa shape index (κ3) is 63.4. The van der Waals surface area contributed by atoms with Crippen LogP contribution in [0.25, 0.3) is 0 Å². The minimum atomic E-state index is -4.96. The van der Waals surface area contributed by atoms with Gasteiger partial charge in [-0.05, 0) is 69.1 Å². The van der Waals surface area contributed by atoms with Crippen molar-refractivity contribution < 1.29 is 80.2 Å². The maximum Gasteiger partial charge on any atom is 0.472 e. The predicted molar refractivity (Wildman–Crippen MR) is 367 cm³/mol. The molecule has 3 N–H and O–H groups in total. The average Bonchev–Trinajstić information content (AvgIpc) is 3.37. The summed E-state index contributed by atoms with van der Waals surface area (Å²) < 4.78 is 68.3. The average molecular weight is 1340 g/mol. The van der Waals surface area contributed by atoms with Crippen molar-refractivity contribution >= 4 is 39.5 Å². The Morgan fingerprint density at radius 2 is 0.648 bits per heavy atom. The molecule has 17 nitrogen and oxygen atoms in total.